The van der Waals surface area contributed by atoms with Crippen LogP contribution >= 0.6 is 0 Å². The smallest absolute Gasteiger partial charge is 0.0776 e. The van der Waals surface area contributed by atoms with Crippen molar-refractivity contribution in [1.82, 2.24) is 0 Å². The summed E-state index contributed by atoms with van der Waals surface area (Å²) in [4.78, 5) is 0. The molecule has 1 rings (SSSR count). The number of aliphatic hydroxyl groups is 1. The zero-order valence-electron chi connectivity index (χ0n) is 8.83. The van der Waals surface area contributed by atoms with Crippen LogP contribution in [0.3, 0.4) is 0 Å². The van der Waals surface area contributed by atoms with E-state index < -0.39 is 0 Å². The van der Waals surface area contributed by atoms with Crippen molar-refractivity contribution in [3.05, 3.63) is 0 Å². The Morgan fingerprint density at radius 3 is 2.85 bits per heavy atom. The average Bonchev–Trinajstić information content (AvgIpc) is 2.04. The fraction of sp³-hybridized carbons (Fsp3) is 1.00. The zero-order chi connectivity index (χ0) is 9.68. The van der Waals surface area contributed by atoms with E-state index in [9.17, 15) is 5.11 Å². The minimum Gasteiger partial charge on any atom is -0.391 e. The molecule has 0 bridgehead atoms. The molecular formula is C11H22O2. The summed E-state index contributed by atoms with van der Waals surface area (Å²) < 4.78 is 4.92. The van der Waals surface area contributed by atoms with E-state index in [0.29, 0.717) is 6.61 Å². The largest absolute Gasteiger partial charge is 0.391 e. The van der Waals surface area contributed by atoms with Crippen LogP contribution in [0.1, 0.15) is 39.0 Å². The summed E-state index contributed by atoms with van der Waals surface area (Å²) in [6.07, 6.45) is 5.98. The van der Waals surface area contributed by atoms with E-state index in [-0.39, 0.29) is 6.10 Å². The van der Waals surface area contributed by atoms with E-state index in [0.717, 1.165) is 18.3 Å². The van der Waals surface area contributed by atoms with Crippen molar-refractivity contribution in [3.63, 3.8) is 0 Å². The predicted octanol–water partition coefficient (Wildman–Crippen LogP) is 2.21. The monoisotopic (exact) mass is 186 g/mol. The van der Waals surface area contributed by atoms with Crippen molar-refractivity contribution in [2.24, 2.45) is 11.8 Å². The maximum absolute atomic E-state index is 9.56. The molecule has 0 heterocycles. The lowest BCUT2D eigenvalue weighted by atomic mass is 9.80. The van der Waals surface area contributed by atoms with Crippen LogP contribution in [0.4, 0.5) is 0 Å². The van der Waals surface area contributed by atoms with Crippen molar-refractivity contribution in [3.8, 4) is 0 Å². The van der Waals surface area contributed by atoms with Gasteiger partial charge >= 0.3 is 0 Å². The lowest BCUT2D eigenvalue weighted by Gasteiger charge is -2.28. The van der Waals surface area contributed by atoms with Gasteiger partial charge in [-0.2, -0.15) is 0 Å². The van der Waals surface area contributed by atoms with Crippen LogP contribution in [0.2, 0.25) is 0 Å². The first-order valence-corrected chi connectivity index (χ1v) is 5.39. The van der Waals surface area contributed by atoms with Crippen molar-refractivity contribution in [2.75, 3.05) is 13.7 Å². The molecule has 3 unspecified atom stereocenters. The second kappa shape index (κ2) is 5.61. The Labute approximate surface area is 81.3 Å². The highest BCUT2D eigenvalue weighted by molar-refractivity contribution is 4.73. The highest BCUT2D eigenvalue weighted by Crippen LogP contribution is 2.31. The third kappa shape index (κ3) is 4.10. The van der Waals surface area contributed by atoms with Crippen LogP contribution in [-0.2, 0) is 4.74 Å². The van der Waals surface area contributed by atoms with Gasteiger partial charge in [-0.25, -0.2) is 0 Å². The summed E-state index contributed by atoms with van der Waals surface area (Å²) in [6, 6.07) is 0. The molecule has 0 aromatic heterocycles. The van der Waals surface area contributed by atoms with E-state index in [1.54, 1.807) is 7.11 Å². The van der Waals surface area contributed by atoms with Crippen molar-refractivity contribution in [1.29, 1.82) is 0 Å². The maximum Gasteiger partial charge on any atom is 0.0776 e. The fourth-order valence-electron chi connectivity index (χ4n) is 2.42. The highest BCUT2D eigenvalue weighted by atomic mass is 16.5. The van der Waals surface area contributed by atoms with Gasteiger partial charge in [-0.15, -0.1) is 0 Å². The number of rotatable bonds is 4. The second-order valence-electron chi connectivity index (χ2n) is 4.48. The summed E-state index contributed by atoms with van der Waals surface area (Å²) in [6.45, 7) is 2.81. The van der Waals surface area contributed by atoms with E-state index in [4.69, 9.17) is 4.74 Å². The molecule has 1 aliphatic carbocycles. The normalized spacial score (nSPS) is 31.6. The Kier molecular flexibility index (Phi) is 4.74. The predicted molar refractivity (Wildman–Crippen MR) is 53.6 cm³/mol. The molecule has 13 heavy (non-hydrogen) atoms. The van der Waals surface area contributed by atoms with Gasteiger partial charge in [-0.05, 0) is 24.7 Å². The number of hydrogen-bond acceptors (Lipinski definition) is 2. The number of aliphatic hydroxyl groups excluding tert-OH is 1. The standard InChI is InChI=1S/C11H22O2/c1-9-4-3-5-10(6-9)7-11(12)8-13-2/h9-12H,3-8H2,1-2H3. The van der Waals surface area contributed by atoms with Gasteiger partial charge in [0.15, 0.2) is 0 Å². The third-order valence-electron chi connectivity index (χ3n) is 3.01. The molecule has 2 heteroatoms. The van der Waals surface area contributed by atoms with Gasteiger partial charge in [0.25, 0.3) is 0 Å². The maximum atomic E-state index is 9.56. The lowest BCUT2D eigenvalue weighted by Crippen LogP contribution is -2.22. The van der Waals surface area contributed by atoms with Crippen molar-refractivity contribution < 1.29 is 9.84 Å². The molecule has 0 aromatic carbocycles. The van der Waals surface area contributed by atoms with Gasteiger partial charge in [0.1, 0.15) is 0 Å². The van der Waals surface area contributed by atoms with E-state index in [1.165, 1.54) is 25.7 Å². The van der Waals surface area contributed by atoms with Crippen LogP contribution in [0.25, 0.3) is 0 Å². The minimum atomic E-state index is -0.250. The van der Waals surface area contributed by atoms with Crippen LogP contribution < -0.4 is 0 Å². The van der Waals surface area contributed by atoms with E-state index in [1.807, 2.05) is 0 Å². The molecule has 2 nitrogen and oxygen atoms in total. The topological polar surface area (TPSA) is 29.5 Å². The Hall–Kier alpha value is -0.0800. The first kappa shape index (κ1) is 11.0. The summed E-state index contributed by atoms with van der Waals surface area (Å²) in [5, 5.41) is 9.56. The number of ether oxygens (including phenoxy) is 1. The minimum absolute atomic E-state index is 0.250. The quantitative estimate of drug-likeness (QED) is 0.729. The molecule has 0 aromatic rings. The molecule has 1 aliphatic rings. The third-order valence-corrected chi connectivity index (χ3v) is 3.01. The molecule has 0 radical (unpaired) electrons. The Bertz CT molecular complexity index is 136. The molecular weight excluding hydrogens is 164 g/mol. The number of methoxy groups -OCH3 is 1. The first-order chi connectivity index (χ1) is 6.22. The van der Waals surface area contributed by atoms with Gasteiger partial charge in [-0.1, -0.05) is 26.2 Å². The summed E-state index contributed by atoms with van der Waals surface area (Å²) in [5.74, 6) is 1.59. The molecule has 1 N–H and O–H groups in total. The van der Waals surface area contributed by atoms with Crippen LogP contribution in [0.5, 0.6) is 0 Å². The second-order valence-corrected chi connectivity index (χ2v) is 4.48. The summed E-state index contributed by atoms with van der Waals surface area (Å²) >= 11 is 0. The SMILES string of the molecule is COCC(O)CC1CCCC(C)C1. The number of hydrogen-bond donors (Lipinski definition) is 1. The molecule has 0 amide bonds. The van der Waals surface area contributed by atoms with Gasteiger partial charge < -0.3 is 9.84 Å². The molecule has 1 fully saturated rings. The summed E-state index contributed by atoms with van der Waals surface area (Å²) in [7, 11) is 1.65. The van der Waals surface area contributed by atoms with Gasteiger partial charge in [-0.3, -0.25) is 0 Å². The van der Waals surface area contributed by atoms with E-state index >= 15 is 0 Å². The molecule has 0 aliphatic heterocycles. The van der Waals surface area contributed by atoms with Crippen LogP contribution in [0, 0.1) is 11.8 Å². The van der Waals surface area contributed by atoms with Crippen LogP contribution in [-0.4, -0.2) is 24.9 Å². The van der Waals surface area contributed by atoms with Gasteiger partial charge in [0.2, 0.25) is 0 Å². The molecule has 0 spiro atoms. The van der Waals surface area contributed by atoms with Gasteiger partial charge in [0.05, 0.1) is 12.7 Å². The lowest BCUT2D eigenvalue weighted by molar-refractivity contribution is 0.0412. The molecule has 0 saturated heterocycles. The highest BCUT2D eigenvalue weighted by Gasteiger charge is 2.21. The fourth-order valence-corrected chi connectivity index (χ4v) is 2.42. The molecule has 1 saturated carbocycles. The molecule has 78 valence electrons. The average molecular weight is 186 g/mol. The Balaban J connectivity index is 2.19. The Morgan fingerprint density at radius 1 is 1.46 bits per heavy atom. The first-order valence-electron chi connectivity index (χ1n) is 5.39. The van der Waals surface area contributed by atoms with E-state index in [2.05, 4.69) is 6.92 Å². The zero-order valence-corrected chi connectivity index (χ0v) is 8.83. The molecule has 3 atom stereocenters. The Morgan fingerprint density at radius 2 is 2.23 bits per heavy atom. The van der Waals surface area contributed by atoms with Crippen LogP contribution in [0.15, 0.2) is 0 Å². The van der Waals surface area contributed by atoms with Crippen molar-refractivity contribution >= 4 is 0 Å². The summed E-state index contributed by atoms with van der Waals surface area (Å²) in [5.41, 5.74) is 0. The van der Waals surface area contributed by atoms with Crippen molar-refractivity contribution in [2.45, 2.75) is 45.1 Å². The van der Waals surface area contributed by atoms with Gasteiger partial charge in [0, 0.05) is 7.11 Å².